The first-order chi connectivity index (χ1) is 23.5. The van der Waals surface area contributed by atoms with Crippen LogP contribution in [0.25, 0.3) is 0 Å². The zero-order valence-corrected chi connectivity index (χ0v) is 27.6. The fraction of sp³-hybridized carbons (Fsp3) is 0.371. The van der Waals surface area contributed by atoms with Crippen molar-refractivity contribution in [2.24, 2.45) is 0 Å². The number of ether oxygens (including phenoxy) is 4. The molecule has 0 radical (unpaired) electrons. The number of rotatable bonds is 13. The molecule has 260 valence electrons. The predicted octanol–water partition coefficient (Wildman–Crippen LogP) is 4.39. The Kier molecular flexibility index (Phi) is 13.0. The molecule has 14 nitrogen and oxygen atoms in total. The molecule has 2 aromatic carbocycles. The van der Waals surface area contributed by atoms with Gasteiger partial charge in [-0.3, -0.25) is 20.3 Å². The second-order valence-electron chi connectivity index (χ2n) is 11.4. The van der Waals surface area contributed by atoms with Crippen LogP contribution in [0.15, 0.2) is 71.3 Å². The van der Waals surface area contributed by atoms with Crippen LogP contribution in [0.1, 0.15) is 78.1 Å². The fourth-order valence-electron chi connectivity index (χ4n) is 5.07. The molecule has 1 atom stereocenters. The lowest BCUT2D eigenvalue weighted by Crippen LogP contribution is -2.43. The number of esters is 2. The van der Waals surface area contributed by atoms with Crippen molar-refractivity contribution in [3.63, 3.8) is 0 Å². The number of hydrogen-bond acceptors (Lipinski definition) is 11. The van der Waals surface area contributed by atoms with E-state index in [2.05, 4.69) is 10.6 Å². The molecule has 3 amide bonds. The van der Waals surface area contributed by atoms with Crippen molar-refractivity contribution < 1.29 is 47.3 Å². The first-order valence-corrected chi connectivity index (χ1v) is 15.9. The maximum Gasteiger partial charge on any atom is 0.412 e. The summed E-state index contributed by atoms with van der Waals surface area (Å²) in [5.41, 5.74) is 0.961. The fourth-order valence-corrected chi connectivity index (χ4v) is 5.07. The van der Waals surface area contributed by atoms with E-state index in [4.69, 9.17) is 28.8 Å². The van der Waals surface area contributed by atoms with E-state index in [9.17, 15) is 24.0 Å². The van der Waals surface area contributed by atoms with Gasteiger partial charge in [-0.15, -0.1) is 0 Å². The van der Waals surface area contributed by atoms with E-state index in [-0.39, 0.29) is 60.7 Å². The minimum atomic E-state index is -0.913. The third-order valence-electron chi connectivity index (χ3n) is 7.44. The molecular formula is C35H40N4O10. The van der Waals surface area contributed by atoms with Crippen LogP contribution in [-0.2, 0) is 23.8 Å². The Bertz CT molecular complexity index is 1610. The Morgan fingerprint density at radius 2 is 1.65 bits per heavy atom. The Morgan fingerprint density at radius 3 is 2.31 bits per heavy atom. The molecule has 49 heavy (non-hydrogen) atoms. The van der Waals surface area contributed by atoms with Crippen molar-refractivity contribution in [3.05, 3.63) is 89.4 Å². The summed E-state index contributed by atoms with van der Waals surface area (Å²) in [6.07, 6.45) is 1.00. The number of amides is 3. The van der Waals surface area contributed by atoms with Gasteiger partial charge >= 0.3 is 18.0 Å². The lowest BCUT2D eigenvalue weighted by atomic mass is 9.99. The molecule has 1 saturated heterocycles. The molecule has 0 aliphatic carbocycles. The molecule has 3 aromatic rings. The SMILES string of the molecule is CCOC(=O)NC(=N)c1ccc(C(=O)NC(CC(=O)N2CCC(OCC(=O)OC(C)C)CC2)c2ccccc2OC(=O)c2ccco2)cc1. The molecule has 1 aliphatic rings. The highest BCUT2D eigenvalue weighted by molar-refractivity contribution is 6.05. The van der Waals surface area contributed by atoms with Crippen molar-refractivity contribution in [2.45, 2.75) is 58.3 Å². The highest BCUT2D eigenvalue weighted by Gasteiger charge is 2.29. The van der Waals surface area contributed by atoms with Gasteiger partial charge < -0.3 is 33.6 Å². The summed E-state index contributed by atoms with van der Waals surface area (Å²) in [6.45, 7) is 5.91. The number of amidine groups is 1. The molecule has 1 fully saturated rings. The molecule has 4 rings (SSSR count). The molecule has 3 N–H and O–H groups in total. The molecule has 0 saturated carbocycles. The van der Waals surface area contributed by atoms with Crippen molar-refractivity contribution in [2.75, 3.05) is 26.3 Å². The lowest BCUT2D eigenvalue weighted by molar-refractivity contribution is -0.156. The number of nitrogens with one attached hydrogen (secondary N) is 3. The second kappa shape index (κ2) is 17.6. The van der Waals surface area contributed by atoms with Gasteiger partial charge in [0.1, 0.15) is 18.2 Å². The third-order valence-corrected chi connectivity index (χ3v) is 7.44. The third kappa shape index (κ3) is 10.8. The second-order valence-corrected chi connectivity index (χ2v) is 11.4. The number of likely N-dealkylation sites (tertiary alicyclic amines) is 1. The molecule has 0 bridgehead atoms. The largest absolute Gasteiger partial charge is 0.461 e. The van der Waals surface area contributed by atoms with Gasteiger partial charge in [0.2, 0.25) is 11.7 Å². The number of carbonyl (C=O) groups excluding carboxylic acids is 5. The van der Waals surface area contributed by atoms with Crippen LogP contribution in [0, 0.1) is 5.41 Å². The van der Waals surface area contributed by atoms with Crippen LogP contribution in [0.3, 0.4) is 0 Å². The number of nitrogens with zero attached hydrogens (tertiary/aromatic N) is 1. The van der Waals surface area contributed by atoms with E-state index in [1.165, 1.54) is 36.6 Å². The minimum absolute atomic E-state index is 0.0165. The maximum absolute atomic E-state index is 13.6. The lowest BCUT2D eigenvalue weighted by Gasteiger charge is -2.33. The van der Waals surface area contributed by atoms with Gasteiger partial charge in [0.15, 0.2) is 0 Å². The highest BCUT2D eigenvalue weighted by Crippen LogP contribution is 2.30. The maximum atomic E-state index is 13.6. The van der Waals surface area contributed by atoms with Crippen molar-refractivity contribution in [1.82, 2.24) is 15.5 Å². The van der Waals surface area contributed by atoms with E-state index in [0.29, 0.717) is 37.1 Å². The number of furan rings is 1. The molecule has 14 heteroatoms. The van der Waals surface area contributed by atoms with Crippen LogP contribution in [-0.4, -0.2) is 79.1 Å². The first kappa shape index (κ1) is 36.3. The Balaban J connectivity index is 1.48. The van der Waals surface area contributed by atoms with Gasteiger partial charge in [0, 0.05) is 29.8 Å². The molecule has 1 aliphatic heterocycles. The summed E-state index contributed by atoms with van der Waals surface area (Å²) in [6, 6.07) is 14.6. The molecule has 1 unspecified atom stereocenters. The highest BCUT2D eigenvalue weighted by atomic mass is 16.6. The minimum Gasteiger partial charge on any atom is -0.461 e. The van der Waals surface area contributed by atoms with Crippen LogP contribution in [0.5, 0.6) is 5.75 Å². The summed E-state index contributed by atoms with van der Waals surface area (Å²) < 4.78 is 26.4. The number of para-hydroxylation sites is 1. The average Bonchev–Trinajstić information content (AvgIpc) is 3.63. The summed E-state index contributed by atoms with van der Waals surface area (Å²) >= 11 is 0. The van der Waals surface area contributed by atoms with E-state index in [1.54, 1.807) is 56.0 Å². The van der Waals surface area contributed by atoms with Gasteiger partial charge in [-0.2, -0.15) is 0 Å². The number of carbonyl (C=O) groups is 5. The number of benzene rings is 2. The topological polar surface area (TPSA) is 187 Å². The predicted molar refractivity (Wildman–Crippen MR) is 175 cm³/mol. The normalized spacial score (nSPS) is 13.7. The van der Waals surface area contributed by atoms with E-state index in [0.717, 1.165) is 0 Å². The molecule has 0 spiro atoms. The van der Waals surface area contributed by atoms with E-state index in [1.807, 2.05) is 0 Å². The zero-order chi connectivity index (χ0) is 35.3. The Hall–Kier alpha value is -5.50. The summed E-state index contributed by atoms with van der Waals surface area (Å²) in [5.74, 6) is -2.05. The van der Waals surface area contributed by atoms with E-state index < -0.39 is 30.0 Å². The molecule has 2 heterocycles. The van der Waals surface area contributed by atoms with Crippen molar-refractivity contribution in [3.8, 4) is 5.75 Å². The van der Waals surface area contributed by atoms with Crippen LogP contribution in [0.4, 0.5) is 4.79 Å². The summed E-state index contributed by atoms with van der Waals surface area (Å²) in [7, 11) is 0. The zero-order valence-electron chi connectivity index (χ0n) is 27.6. The summed E-state index contributed by atoms with van der Waals surface area (Å²) in [4.78, 5) is 65.2. The number of alkyl carbamates (subject to hydrolysis) is 1. The van der Waals surface area contributed by atoms with Gasteiger partial charge in [-0.25, -0.2) is 14.4 Å². The van der Waals surface area contributed by atoms with Crippen molar-refractivity contribution in [1.29, 1.82) is 5.41 Å². The Morgan fingerprint density at radius 1 is 0.959 bits per heavy atom. The quantitative estimate of drug-likeness (QED) is 0.101. The van der Waals surface area contributed by atoms with Gasteiger partial charge in [-0.05, 0) is 63.9 Å². The van der Waals surface area contributed by atoms with Gasteiger partial charge in [0.05, 0.1) is 37.5 Å². The van der Waals surface area contributed by atoms with Crippen LogP contribution < -0.4 is 15.4 Å². The van der Waals surface area contributed by atoms with Crippen LogP contribution >= 0.6 is 0 Å². The standard InChI is InChI=1S/C35H40N4O10/c1-4-45-35(44)38-32(36)23-11-13-24(14-12-23)33(42)37-27(26-8-5-6-9-28(26)49-34(43)29-10-7-19-46-29)20-30(40)39-17-15-25(16-18-39)47-21-31(41)48-22(2)3/h5-14,19,22,25,27H,4,15-18,20-21H2,1-3H3,(H,37,42)(H2,36,38,44). The van der Waals surface area contributed by atoms with Gasteiger partial charge in [-0.1, -0.05) is 30.3 Å². The van der Waals surface area contributed by atoms with Crippen molar-refractivity contribution >= 4 is 35.7 Å². The number of hydrogen-bond donors (Lipinski definition) is 3. The average molecular weight is 677 g/mol. The number of piperidine rings is 1. The molecule has 1 aromatic heterocycles. The monoisotopic (exact) mass is 676 g/mol. The smallest absolute Gasteiger partial charge is 0.412 e. The first-order valence-electron chi connectivity index (χ1n) is 15.9. The van der Waals surface area contributed by atoms with Crippen LogP contribution in [0.2, 0.25) is 0 Å². The van der Waals surface area contributed by atoms with E-state index >= 15 is 0 Å². The summed E-state index contributed by atoms with van der Waals surface area (Å²) in [5, 5.41) is 13.3. The molecular weight excluding hydrogens is 636 g/mol. The van der Waals surface area contributed by atoms with Gasteiger partial charge in [0.25, 0.3) is 5.91 Å². The Labute approximate surface area is 283 Å².